The van der Waals surface area contributed by atoms with Gasteiger partial charge < -0.3 is 14.5 Å². The van der Waals surface area contributed by atoms with Crippen LogP contribution in [0.1, 0.15) is 16.2 Å². The van der Waals surface area contributed by atoms with E-state index in [9.17, 15) is 4.79 Å². The second kappa shape index (κ2) is 7.81. The molecule has 0 saturated heterocycles. The van der Waals surface area contributed by atoms with Crippen molar-refractivity contribution in [3.05, 3.63) is 65.0 Å². The highest BCUT2D eigenvalue weighted by molar-refractivity contribution is 6.30. The van der Waals surface area contributed by atoms with Crippen molar-refractivity contribution in [2.45, 2.75) is 6.42 Å². The number of hydrogen-bond acceptors (Lipinski definition) is 5. The molecule has 1 heterocycles. The molecule has 0 bridgehead atoms. The predicted molar refractivity (Wildman–Crippen MR) is 93.8 cm³/mol. The largest absolute Gasteiger partial charge is 0.497 e. The first-order valence-corrected chi connectivity index (χ1v) is 8.04. The first-order valence-electron chi connectivity index (χ1n) is 7.66. The number of halogens is 1. The lowest BCUT2D eigenvalue weighted by Gasteiger charge is -2.04. The molecule has 0 aliphatic carbocycles. The van der Waals surface area contributed by atoms with Crippen LogP contribution in [0.15, 0.2) is 52.9 Å². The smallest absolute Gasteiger partial charge is 0.308 e. The summed E-state index contributed by atoms with van der Waals surface area (Å²) in [5, 5.41) is 11.0. The standard InChI is InChI=1S/C18H16ClN3O3/c1-24-15-7-5-12(6-8-15)9-10-20-16(23)18-22-21-17(25-18)13-3-2-4-14(19)11-13/h2-8,11H,9-10H2,1H3,(H,20,23). The molecule has 0 saturated carbocycles. The lowest BCUT2D eigenvalue weighted by atomic mass is 10.1. The summed E-state index contributed by atoms with van der Waals surface area (Å²) >= 11 is 5.93. The zero-order valence-corrected chi connectivity index (χ0v) is 14.3. The Morgan fingerprint density at radius 2 is 2.00 bits per heavy atom. The van der Waals surface area contributed by atoms with Crippen LogP contribution in [0.5, 0.6) is 5.75 Å². The van der Waals surface area contributed by atoms with Crippen LogP contribution in [-0.4, -0.2) is 29.8 Å². The molecule has 0 atom stereocenters. The maximum atomic E-state index is 12.1. The van der Waals surface area contributed by atoms with Crippen molar-refractivity contribution >= 4 is 17.5 Å². The summed E-state index contributed by atoms with van der Waals surface area (Å²) in [4.78, 5) is 12.1. The van der Waals surface area contributed by atoms with E-state index in [-0.39, 0.29) is 11.8 Å². The van der Waals surface area contributed by atoms with Gasteiger partial charge in [0.1, 0.15) is 5.75 Å². The Kier molecular flexibility index (Phi) is 5.30. The van der Waals surface area contributed by atoms with Gasteiger partial charge in [-0.1, -0.05) is 29.8 Å². The van der Waals surface area contributed by atoms with Crippen molar-refractivity contribution in [1.29, 1.82) is 0 Å². The molecule has 1 amide bonds. The van der Waals surface area contributed by atoms with E-state index in [1.54, 1.807) is 31.4 Å². The molecule has 25 heavy (non-hydrogen) atoms. The minimum atomic E-state index is -0.408. The van der Waals surface area contributed by atoms with Crippen molar-refractivity contribution in [1.82, 2.24) is 15.5 Å². The summed E-state index contributed by atoms with van der Waals surface area (Å²) in [6, 6.07) is 14.7. The van der Waals surface area contributed by atoms with Gasteiger partial charge in [-0.05, 0) is 42.3 Å². The van der Waals surface area contributed by atoms with E-state index in [1.807, 2.05) is 24.3 Å². The van der Waals surface area contributed by atoms with E-state index in [2.05, 4.69) is 15.5 Å². The number of methoxy groups -OCH3 is 1. The highest BCUT2D eigenvalue weighted by atomic mass is 35.5. The number of aromatic nitrogens is 2. The minimum Gasteiger partial charge on any atom is -0.497 e. The van der Waals surface area contributed by atoms with Crippen molar-refractivity contribution in [3.8, 4) is 17.2 Å². The van der Waals surface area contributed by atoms with Crippen LogP contribution in [0, 0.1) is 0 Å². The maximum Gasteiger partial charge on any atom is 0.308 e. The van der Waals surface area contributed by atoms with E-state index in [0.717, 1.165) is 11.3 Å². The van der Waals surface area contributed by atoms with Crippen LogP contribution >= 0.6 is 11.6 Å². The van der Waals surface area contributed by atoms with Crippen LogP contribution in [0.25, 0.3) is 11.5 Å². The molecule has 6 nitrogen and oxygen atoms in total. The fraction of sp³-hybridized carbons (Fsp3) is 0.167. The zero-order chi connectivity index (χ0) is 17.6. The quantitative estimate of drug-likeness (QED) is 0.731. The molecule has 0 fully saturated rings. The van der Waals surface area contributed by atoms with Crippen LogP contribution in [0.2, 0.25) is 5.02 Å². The SMILES string of the molecule is COc1ccc(CCNC(=O)c2nnc(-c3cccc(Cl)c3)o2)cc1. The molecule has 0 radical (unpaired) electrons. The van der Waals surface area contributed by atoms with Crippen molar-refractivity contribution in [2.75, 3.05) is 13.7 Å². The Hall–Kier alpha value is -2.86. The van der Waals surface area contributed by atoms with E-state index in [0.29, 0.717) is 23.6 Å². The highest BCUT2D eigenvalue weighted by Gasteiger charge is 2.15. The summed E-state index contributed by atoms with van der Waals surface area (Å²) in [5.74, 6) is 0.564. The Balaban J connectivity index is 1.56. The number of carbonyl (C=O) groups is 1. The molecule has 7 heteroatoms. The highest BCUT2D eigenvalue weighted by Crippen LogP contribution is 2.21. The van der Waals surface area contributed by atoms with E-state index < -0.39 is 5.91 Å². The third-order valence-corrected chi connectivity index (χ3v) is 3.78. The topological polar surface area (TPSA) is 77.2 Å². The molecule has 1 aromatic heterocycles. The molecule has 128 valence electrons. The normalized spacial score (nSPS) is 10.5. The van der Waals surface area contributed by atoms with Crippen LogP contribution < -0.4 is 10.1 Å². The van der Waals surface area contributed by atoms with Gasteiger partial charge in [0.15, 0.2) is 0 Å². The third-order valence-electron chi connectivity index (χ3n) is 3.55. The molecular formula is C18H16ClN3O3. The molecule has 0 spiro atoms. The molecule has 0 aliphatic rings. The van der Waals surface area contributed by atoms with Crippen LogP contribution in [0.3, 0.4) is 0 Å². The molecule has 1 N–H and O–H groups in total. The number of nitrogens with zero attached hydrogens (tertiary/aromatic N) is 2. The minimum absolute atomic E-state index is 0.0790. The van der Waals surface area contributed by atoms with Crippen molar-refractivity contribution in [2.24, 2.45) is 0 Å². The van der Waals surface area contributed by atoms with E-state index >= 15 is 0 Å². The Morgan fingerprint density at radius 3 is 2.72 bits per heavy atom. The van der Waals surface area contributed by atoms with Crippen molar-refractivity contribution < 1.29 is 13.9 Å². The number of ether oxygens (including phenoxy) is 1. The van der Waals surface area contributed by atoms with Crippen LogP contribution in [0.4, 0.5) is 0 Å². The molecule has 0 unspecified atom stereocenters. The Bertz CT molecular complexity index is 862. The molecular weight excluding hydrogens is 342 g/mol. The Labute approximate surface area is 149 Å². The van der Waals surface area contributed by atoms with Gasteiger partial charge in [0.25, 0.3) is 0 Å². The lowest BCUT2D eigenvalue weighted by molar-refractivity contribution is 0.0920. The first-order chi connectivity index (χ1) is 12.2. The number of hydrogen-bond donors (Lipinski definition) is 1. The summed E-state index contributed by atoms with van der Waals surface area (Å²) in [7, 11) is 1.62. The fourth-order valence-electron chi connectivity index (χ4n) is 2.24. The first kappa shape index (κ1) is 17.0. The second-order valence-electron chi connectivity index (χ2n) is 5.28. The zero-order valence-electron chi connectivity index (χ0n) is 13.5. The third kappa shape index (κ3) is 4.36. The summed E-state index contributed by atoms with van der Waals surface area (Å²) in [6.45, 7) is 0.458. The molecule has 0 aliphatic heterocycles. The van der Waals surface area contributed by atoms with Gasteiger partial charge in [0.05, 0.1) is 7.11 Å². The average molecular weight is 358 g/mol. The molecule has 3 rings (SSSR count). The fourth-order valence-corrected chi connectivity index (χ4v) is 2.43. The molecule has 2 aromatic carbocycles. The van der Waals surface area contributed by atoms with E-state index in [1.165, 1.54) is 0 Å². The average Bonchev–Trinajstić information content (AvgIpc) is 3.12. The van der Waals surface area contributed by atoms with Crippen LogP contribution in [-0.2, 0) is 6.42 Å². The number of rotatable bonds is 6. The molecule has 3 aromatic rings. The maximum absolute atomic E-state index is 12.1. The number of benzene rings is 2. The predicted octanol–water partition coefficient (Wildman–Crippen LogP) is 3.37. The number of carbonyl (C=O) groups excluding carboxylic acids is 1. The second-order valence-corrected chi connectivity index (χ2v) is 5.71. The number of amides is 1. The Morgan fingerprint density at radius 1 is 1.20 bits per heavy atom. The van der Waals surface area contributed by atoms with Gasteiger partial charge in [0.2, 0.25) is 5.89 Å². The summed E-state index contributed by atoms with van der Waals surface area (Å²) < 4.78 is 10.5. The number of nitrogens with one attached hydrogen (secondary N) is 1. The van der Waals surface area contributed by atoms with Crippen molar-refractivity contribution in [3.63, 3.8) is 0 Å². The van der Waals surface area contributed by atoms with Gasteiger partial charge in [-0.15, -0.1) is 10.2 Å². The summed E-state index contributed by atoms with van der Waals surface area (Å²) in [6.07, 6.45) is 0.686. The van der Waals surface area contributed by atoms with E-state index in [4.69, 9.17) is 20.8 Å². The van der Waals surface area contributed by atoms with Gasteiger partial charge in [-0.3, -0.25) is 4.79 Å². The summed E-state index contributed by atoms with van der Waals surface area (Å²) in [5.41, 5.74) is 1.75. The van der Waals surface area contributed by atoms with Gasteiger partial charge >= 0.3 is 11.8 Å². The lowest BCUT2D eigenvalue weighted by Crippen LogP contribution is -2.26. The monoisotopic (exact) mass is 357 g/mol. The van der Waals surface area contributed by atoms with Gasteiger partial charge in [0, 0.05) is 17.1 Å². The van der Waals surface area contributed by atoms with Gasteiger partial charge in [-0.25, -0.2) is 0 Å². The van der Waals surface area contributed by atoms with Gasteiger partial charge in [-0.2, -0.15) is 0 Å².